The quantitative estimate of drug-likeness (QED) is 0.520. The highest BCUT2D eigenvalue weighted by Crippen LogP contribution is 2.48. The number of carbonyl (C=O) groups excluding carboxylic acids is 2. The number of aliphatic hydroxyl groups excluding tert-OH is 1. The van der Waals surface area contributed by atoms with Crippen molar-refractivity contribution in [2.75, 3.05) is 20.8 Å². The van der Waals surface area contributed by atoms with Crippen molar-refractivity contribution < 1.29 is 28.6 Å². The van der Waals surface area contributed by atoms with E-state index in [2.05, 4.69) is 38.6 Å². The van der Waals surface area contributed by atoms with E-state index in [0.29, 0.717) is 21.9 Å². The van der Waals surface area contributed by atoms with E-state index in [4.69, 9.17) is 9.16 Å². The summed E-state index contributed by atoms with van der Waals surface area (Å²) < 4.78 is 17.5. The Bertz CT molecular complexity index is 994. The van der Waals surface area contributed by atoms with Gasteiger partial charge in [0.25, 0.3) is 14.2 Å². The van der Waals surface area contributed by atoms with Crippen LogP contribution in [0.15, 0.2) is 12.1 Å². The average Bonchev–Trinajstić information content (AvgIpc) is 3.13. The Kier molecular flexibility index (Phi) is 5.92. The summed E-state index contributed by atoms with van der Waals surface area (Å²) >= 11 is 1.31. The number of thiophene rings is 1. The van der Waals surface area contributed by atoms with Gasteiger partial charge in [-0.2, -0.15) is 0 Å². The molecular formula is C21H29NO6SSi. The summed E-state index contributed by atoms with van der Waals surface area (Å²) in [6, 6.07) is 3.73. The predicted octanol–water partition coefficient (Wildman–Crippen LogP) is 4.30. The number of fused-ring (bicyclic) bond motifs is 3. The fraction of sp³-hybridized carbons (Fsp3) is 0.524. The van der Waals surface area contributed by atoms with E-state index >= 15 is 0 Å². The Morgan fingerprint density at radius 3 is 2.47 bits per heavy atom. The van der Waals surface area contributed by atoms with Crippen LogP contribution in [0.25, 0.3) is 10.1 Å². The first kappa shape index (κ1) is 22.6. The molecule has 1 aromatic carbocycles. The predicted molar refractivity (Wildman–Crippen MR) is 119 cm³/mol. The van der Waals surface area contributed by atoms with Gasteiger partial charge in [-0.05, 0) is 24.2 Å². The summed E-state index contributed by atoms with van der Waals surface area (Å²) in [5.41, 5.74) is 0.563. The molecule has 2 heterocycles. The molecule has 0 saturated carbocycles. The molecule has 1 atom stereocenters. The zero-order chi connectivity index (χ0) is 22.4. The third-order valence-corrected chi connectivity index (χ3v) is 11.5. The number of esters is 1. The van der Waals surface area contributed by atoms with Crippen LogP contribution in [0, 0.1) is 0 Å². The van der Waals surface area contributed by atoms with Gasteiger partial charge in [-0.3, -0.25) is 9.59 Å². The van der Waals surface area contributed by atoms with Crippen molar-refractivity contribution in [1.82, 2.24) is 4.90 Å². The Morgan fingerprint density at radius 1 is 1.23 bits per heavy atom. The second kappa shape index (κ2) is 7.86. The third kappa shape index (κ3) is 3.81. The SMILES string of the molecule is COC(=O)CCN1C(=O)c2sc3cc(OC)c(O[Si](C)(C)C(C)(C)C)cc3c2C1O. The molecule has 9 heteroatoms. The zero-order valence-electron chi connectivity index (χ0n) is 18.5. The van der Waals surface area contributed by atoms with Gasteiger partial charge in [-0.25, -0.2) is 0 Å². The Hall–Kier alpha value is -2.10. The second-order valence-electron chi connectivity index (χ2n) is 8.90. The molecule has 1 N–H and O–H groups in total. The molecule has 1 aliphatic heterocycles. The maximum Gasteiger partial charge on any atom is 0.307 e. The van der Waals surface area contributed by atoms with Crippen molar-refractivity contribution in [3.05, 3.63) is 22.6 Å². The smallest absolute Gasteiger partial charge is 0.307 e. The number of benzene rings is 1. The lowest BCUT2D eigenvalue weighted by atomic mass is 10.1. The number of nitrogens with zero attached hydrogens (tertiary/aromatic N) is 1. The monoisotopic (exact) mass is 451 g/mol. The highest BCUT2D eigenvalue weighted by Gasteiger charge is 2.41. The van der Waals surface area contributed by atoms with Gasteiger partial charge in [-0.1, -0.05) is 20.8 Å². The van der Waals surface area contributed by atoms with Crippen molar-refractivity contribution >= 4 is 41.6 Å². The molecule has 1 unspecified atom stereocenters. The summed E-state index contributed by atoms with van der Waals surface area (Å²) in [5.74, 6) is 0.514. The first-order valence-electron chi connectivity index (χ1n) is 9.80. The molecule has 0 aliphatic carbocycles. The van der Waals surface area contributed by atoms with Gasteiger partial charge < -0.3 is 23.9 Å². The molecule has 164 valence electrons. The van der Waals surface area contributed by atoms with E-state index in [9.17, 15) is 14.7 Å². The topological polar surface area (TPSA) is 85.3 Å². The van der Waals surface area contributed by atoms with E-state index in [0.717, 1.165) is 10.1 Å². The molecule has 1 aromatic heterocycles. The maximum atomic E-state index is 12.8. The molecule has 0 radical (unpaired) electrons. The molecule has 30 heavy (non-hydrogen) atoms. The van der Waals surface area contributed by atoms with Gasteiger partial charge >= 0.3 is 5.97 Å². The Labute approximate surface area is 181 Å². The number of rotatable bonds is 6. The van der Waals surface area contributed by atoms with E-state index in [-0.39, 0.29) is 23.9 Å². The van der Waals surface area contributed by atoms with Gasteiger partial charge in [0.05, 0.1) is 20.6 Å². The lowest BCUT2D eigenvalue weighted by Gasteiger charge is -2.36. The molecule has 2 aromatic rings. The zero-order valence-corrected chi connectivity index (χ0v) is 20.3. The third-order valence-electron chi connectivity index (χ3n) is 5.98. The molecule has 7 nitrogen and oxygen atoms in total. The number of hydrogen-bond acceptors (Lipinski definition) is 7. The van der Waals surface area contributed by atoms with Crippen LogP contribution in [0.1, 0.15) is 48.7 Å². The molecule has 0 spiro atoms. The maximum absolute atomic E-state index is 12.8. The molecule has 3 rings (SSSR count). The van der Waals surface area contributed by atoms with Crippen LogP contribution in [-0.2, 0) is 9.53 Å². The Balaban J connectivity index is 2.02. The highest BCUT2D eigenvalue weighted by atomic mass is 32.1. The normalized spacial score (nSPS) is 16.7. The van der Waals surface area contributed by atoms with Crippen molar-refractivity contribution in [3.8, 4) is 11.5 Å². The van der Waals surface area contributed by atoms with Crippen LogP contribution >= 0.6 is 11.3 Å². The van der Waals surface area contributed by atoms with Crippen molar-refractivity contribution in [3.63, 3.8) is 0 Å². The van der Waals surface area contributed by atoms with Crippen LogP contribution in [-0.4, -0.2) is 51.0 Å². The van der Waals surface area contributed by atoms with Crippen molar-refractivity contribution in [2.24, 2.45) is 0 Å². The minimum Gasteiger partial charge on any atom is -0.541 e. The molecular weight excluding hydrogens is 422 g/mol. The fourth-order valence-electron chi connectivity index (χ4n) is 3.14. The van der Waals surface area contributed by atoms with Crippen molar-refractivity contribution in [2.45, 2.75) is 51.6 Å². The lowest BCUT2D eigenvalue weighted by Crippen LogP contribution is -2.43. The molecule has 0 bridgehead atoms. The minimum absolute atomic E-state index is 0.00370. The van der Waals surface area contributed by atoms with Crippen LogP contribution in [0.2, 0.25) is 18.1 Å². The molecule has 0 fully saturated rings. The summed E-state index contributed by atoms with van der Waals surface area (Å²) in [5, 5.41) is 11.6. The Morgan fingerprint density at radius 2 is 1.90 bits per heavy atom. The van der Waals surface area contributed by atoms with E-state index in [1.807, 2.05) is 12.1 Å². The first-order valence-corrected chi connectivity index (χ1v) is 13.5. The van der Waals surface area contributed by atoms with Gasteiger partial charge in [0.1, 0.15) is 10.6 Å². The summed E-state index contributed by atoms with van der Waals surface area (Å²) in [7, 11) is 0.763. The molecule has 1 amide bonds. The number of methoxy groups -OCH3 is 2. The molecule has 0 saturated heterocycles. The number of ether oxygens (including phenoxy) is 2. The number of carbonyl (C=O) groups is 2. The fourth-order valence-corrected chi connectivity index (χ4v) is 5.35. The minimum atomic E-state index is -2.13. The lowest BCUT2D eigenvalue weighted by molar-refractivity contribution is -0.141. The van der Waals surface area contributed by atoms with Crippen molar-refractivity contribution in [1.29, 1.82) is 0 Å². The van der Waals surface area contributed by atoms with Gasteiger partial charge in [0.2, 0.25) is 0 Å². The number of hydrogen-bond donors (Lipinski definition) is 1. The summed E-state index contributed by atoms with van der Waals surface area (Å²) in [6.07, 6.45) is -1.08. The highest BCUT2D eigenvalue weighted by molar-refractivity contribution is 7.21. The van der Waals surface area contributed by atoms with Gasteiger partial charge in [0, 0.05) is 28.3 Å². The van der Waals surface area contributed by atoms with Crippen LogP contribution in [0.4, 0.5) is 0 Å². The summed E-state index contributed by atoms with van der Waals surface area (Å²) in [6.45, 7) is 10.9. The van der Waals surface area contributed by atoms with E-state index in [1.54, 1.807) is 7.11 Å². The van der Waals surface area contributed by atoms with Crippen LogP contribution < -0.4 is 9.16 Å². The largest absolute Gasteiger partial charge is 0.541 e. The average molecular weight is 452 g/mol. The first-order chi connectivity index (χ1) is 13.9. The van der Waals surface area contributed by atoms with Crippen LogP contribution in [0.5, 0.6) is 11.5 Å². The van der Waals surface area contributed by atoms with Gasteiger partial charge in [-0.15, -0.1) is 11.3 Å². The van der Waals surface area contributed by atoms with E-state index in [1.165, 1.54) is 23.3 Å². The standard InChI is InChI=1S/C21H29NO6SSi/c1-21(2,3)30(6,7)28-14-10-12-15(11-13(14)26-4)29-18-17(12)19(24)22(20(18)25)9-8-16(23)27-5/h10-11,19,24H,8-9H2,1-7H3. The van der Waals surface area contributed by atoms with Crippen LogP contribution in [0.3, 0.4) is 0 Å². The van der Waals surface area contributed by atoms with Gasteiger partial charge in [0.15, 0.2) is 12.0 Å². The molecule has 1 aliphatic rings. The van der Waals surface area contributed by atoms with E-state index < -0.39 is 20.5 Å². The summed E-state index contributed by atoms with van der Waals surface area (Å²) in [4.78, 5) is 26.1. The number of aliphatic hydroxyl groups is 1. The number of amides is 1. The second-order valence-corrected chi connectivity index (χ2v) is 14.7.